The molecule has 0 aliphatic heterocycles. The largest absolute Gasteiger partial charge is 0.394 e. The third-order valence-corrected chi connectivity index (χ3v) is 3.13. The van der Waals surface area contributed by atoms with Crippen LogP contribution in [0.25, 0.3) is 10.9 Å². The van der Waals surface area contributed by atoms with E-state index in [2.05, 4.69) is 47.3 Å². The summed E-state index contributed by atoms with van der Waals surface area (Å²) in [5.74, 6) is 0. The Morgan fingerprint density at radius 3 is 2.95 bits per heavy atom. The summed E-state index contributed by atoms with van der Waals surface area (Å²) in [6.45, 7) is 5.92. The second-order valence-electron chi connectivity index (χ2n) is 4.52. The van der Waals surface area contributed by atoms with Crippen LogP contribution >= 0.6 is 0 Å². The second kappa shape index (κ2) is 7.28. The number of aliphatic hydroxyl groups excluding tert-OH is 1. The predicted molar refractivity (Wildman–Crippen MR) is 77.2 cm³/mol. The quantitative estimate of drug-likeness (QED) is 0.713. The highest BCUT2D eigenvalue weighted by Crippen LogP contribution is 2.17. The molecule has 0 radical (unpaired) electrons. The van der Waals surface area contributed by atoms with Gasteiger partial charge in [-0.25, -0.2) is 0 Å². The van der Waals surface area contributed by atoms with E-state index in [0.717, 1.165) is 19.6 Å². The molecule has 0 fully saturated rings. The molecule has 0 bridgehead atoms. The molecule has 0 saturated heterocycles. The van der Waals surface area contributed by atoms with Gasteiger partial charge in [-0.2, -0.15) is 0 Å². The van der Waals surface area contributed by atoms with Crippen LogP contribution in [0.5, 0.6) is 0 Å². The first kappa shape index (κ1) is 14.1. The minimum absolute atomic E-state index is 0.0826. The number of ether oxygens (including phenoxy) is 1. The van der Waals surface area contributed by atoms with Gasteiger partial charge in [0, 0.05) is 24.8 Å². The number of hydrogen-bond acceptors (Lipinski definition) is 3. The van der Waals surface area contributed by atoms with E-state index in [1.165, 1.54) is 16.5 Å². The SMILES string of the molecule is CCNCc1ccc2ccn(CCOCCO)c2c1. The monoisotopic (exact) mass is 262 g/mol. The molecule has 0 aliphatic rings. The van der Waals surface area contributed by atoms with E-state index in [-0.39, 0.29) is 6.61 Å². The molecule has 1 aromatic carbocycles. The number of nitrogens with zero attached hydrogens (tertiary/aromatic N) is 1. The summed E-state index contributed by atoms with van der Waals surface area (Å²) in [6.07, 6.45) is 2.09. The number of benzene rings is 1. The Labute approximate surface area is 114 Å². The van der Waals surface area contributed by atoms with Gasteiger partial charge in [-0.3, -0.25) is 0 Å². The van der Waals surface area contributed by atoms with Gasteiger partial charge in [0.15, 0.2) is 0 Å². The van der Waals surface area contributed by atoms with Gasteiger partial charge in [-0.15, -0.1) is 0 Å². The average molecular weight is 262 g/mol. The van der Waals surface area contributed by atoms with Crippen LogP contribution in [0.1, 0.15) is 12.5 Å². The zero-order valence-electron chi connectivity index (χ0n) is 11.4. The molecule has 0 unspecified atom stereocenters. The minimum atomic E-state index is 0.0826. The lowest BCUT2D eigenvalue weighted by Gasteiger charge is -2.08. The van der Waals surface area contributed by atoms with Gasteiger partial charge in [0.05, 0.1) is 19.8 Å². The molecule has 1 aromatic heterocycles. The lowest BCUT2D eigenvalue weighted by Crippen LogP contribution is -2.12. The van der Waals surface area contributed by atoms with Crippen molar-refractivity contribution in [3.63, 3.8) is 0 Å². The molecule has 4 heteroatoms. The van der Waals surface area contributed by atoms with Crippen LogP contribution in [0.4, 0.5) is 0 Å². The van der Waals surface area contributed by atoms with Crippen molar-refractivity contribution >= 4 is 10.9 Å². The van der Waals surface area contributed by atoms with Crippen molar-refractivity contribution in [3.05, 3.63) is 36.0 Å². The van der Waals surface area contributed by atoms with E-state index in [1.807, 2.05) is 0 Å². The van der Waals surface area contributed by atoms with Gasteiger partial charge in [-0.05, 0) is 29.6 Å². The van der Waals surface area contributed by atoms with Crippen LogP contribution in [0.2, 0.25) is 0 Å². The van der Waals surface area contributed by atoms with Crippen molar-refractivity contribution in [2.45, 2.75) is 20.0 Å². The third kappa shape index (κ3) is 3.80. The van der Waals surface area contributed by atoms with Crippen LogP contribution in [-0.2, 0) is 17.8 Å². The highest BCUT2D eigenvalue weighted by Gasteiger charge is 2.02. The number of aliphatic hydroxyl groups is 1. The molecule has 2 N–H and O–H groups in total. The highest BCUT2D eigenvalue weighted by molar-refractivity contribution is 5.80. The number of rotatable bonds is 8. The van der Waals surface area contributed by atoms with Crippen LogP contribution in [-0.4, -0.2) is 36.0 Å². The van der Waals surface area contributed by atoms with Crippen molar-refractivity contribution in [1.29, 1.82) is 0 Å². The maximum atomic E-state index is 8.68. The summed E-state index contributed by atoms with van der Waals surface area (Å²) >= 11 is 0. The Kier molecular flexibility index (Phi) is 5.39. The second-order valence-corrected chi connectivity index (χ2v) is 4.52. The molecule has 0 aliphatic carbocycles. The molecule has 0 amide bonds. The Bertz CT molecular complexity index is 508. The Balaban J connectivity index is 2.06. The first-order valence-electron chi connectivity index (χ1n) is 6.82. The number of hydrogen-bond donors (Lipinski definition) is 2. The van der Waals surface area contributed by atoms with Crippen LogP contribution in [0.15, 0.2) is 30.5 Å². The van der Waals surface area contributed by atoms with Gasteiger partial charge < -0.3 is 19.7 Å². The number of aromatic nitrogens is 1. The maximum Gasteiger partial charge on any atom is 0.0698 e. The van der Waals surface area contributed by atoms with E-state index in [0.29, 0.717) is 13.2 Å². The standard InChI is InChI=1S/C15H22N2O2/c1-2-16-12-13-3-4-14-5-6-17(15(14)11-13)7-9-19-10-8-18/h3-6,11,16,18H,2,7-10,12H2,1H3. The molecule has 0 spiro atoms. The van der Waals surface area contributed by atoms with Crippen LogP contribution in [0.3, 0.4) is 0 Å². The van der Waals surface area contributed by atoms with Crippen LogP contribution < -0.4 is 5.32 Å². The van der Waals surface area contributed by atoms with Crippen molar-refractivity contribution < 1.29 is 9.84 Å². The van der Waals surface area contributed by atoms with E-state index in [1.54, 1.807) is 0 Å². The first-order chi connectivity index (χ1) is 9.35. The summed E-state index contributed by atoms with van der Waals surface area (Å²) in [4.78, 5) is 0. The molecule has 0 saturated carbocycles. The van der Waals surface area contributed by atoms with E-state index < -0.39 is 0 Å². The summed E-state index contributed by atoms with van der Waals surface area (Å²) in [5, 5.41) is 13.3. The zero-order valence-corrected chi connectivity index (χ0v) is 11.4. The van der Waals surface area contributed by atoms with Crippen LogP contribution in [0, 0.1) is 0 Å². The fraction of sp³-hybridized carbons (Fsp3) is 0.467. The van der Waals surface area contributed by atoms with E-state index >= 15 is 0 Å². The molecule has 19 heavy (non-hydrogen) atoms. The van der Waals surface area contributed by atoms with Gasteiger partial charge >= 0.3 is 0 Å². The minimum Gasteiger partial charge on any atom is -0.394 e. The molecule has 2 aromatic rings. The zero-order chi connectivity index (χ0) is 13.5. The molecule has 2 rings (SSSR count). The molecule has 104 valence electrons. The fourth-order valence-corrected chi connectivity index (χ4v) is 2.13. The fourth-order valence-electron chi connectivity index (χ4n) is 2.13. The Morgan fingerprint density at radius 1 is 1.26 bits per heavy atom. The average Bonchev–Trinajstić information content (AvgIpc) is 2.84. The lowest BCUT2D eigenvalue weighted by atomic mass is 10.1. The Morgan fingerprint density at radius 2 is 2.16 bits per heavy atom. The van der Waals surface area contributed by atoms with Crippen molar-refractivity contribution in [1.82, 2.24) is 9.88 Å². The molecular formula is C15H22N2O2. The Hall–Kier alpha value is -1.36. The van der Waals surface area contributed by atoms with Crippen molar-refractivity contribution in [2.24, 2.45) is 0 Å². The third-order valence-electron chi connectivity index (χ3n) is 3.13. The molecule has 1 heterocycles. The van der Waals surface area contributed by atoms with E-state index in [9.17, 15) is 0 Å². The summed E-state index contributed by atoms with van der Waals surface area (Å²) in [7, 11) is 0. The topological polar surface area (TPSA) is 46.4 Å². The van der Waals surface area contributed by atoms with Gasteiger partial charge in [0.25, 0.3) is 0 Å². The van der Waals surface area contributed by atoms with Crippen molar-refractivity contribution in [3.8, 4) is 0 Å². The maximum absolute atomic E-state index is 8.68. The van der Waals surface area contributed by atoms with Gasteiger partial charge in [-0.1, -0.05) is 19.1 Å². The van der Waals surface area contributed by atoms with Gasteiger partial charge in [0.2, 0.25) is 0 Å². The molecule has 0 atom stereocenters. The smallest absolute Gasteiger partial charge is 0.0698 e. The normalized spacial score (nSPS) is 11.3. The van der Waals surface area contributed by atoms with E-state index in [4.69, 9.17) is 9.84 Å². The highest BCUT2D eigenvalue weighted by atomic mass is 16.5. The van der Waals surface area contributed by atoms with Crippen molar-refractivity contribution in [2.75, 3.05) is 26.4 Å². The molecule has 4 nitrogen and oxygen atoms in total. The molecular weight excluding hydrogens is 240 g/mol. The lowest BCUT2D eigenvalue weighted by molar-refractivity contribution is 0.0875. The summed E-state index contributed by atoms with van der Waals surface area (Å²) in [5.41, 5.74) is 2.54. The summed E-state index contributed by atoms with van der Waals surface area (Å²) in [6, 6.07) is 8.67. The van der Waals surface area contributed by atoms with Gasteiger partial charge in [0.1, 0.15) is 0 Å². The number of nitrogens with one attached hydrogen (secondary N) is 1. The predicted octanol–water partition coefficient (Wildman–Crippen LogP) is 1.76. The first-order valence-corrected chi connectivity index (χ1v) is 6.82. The summed E-state index contributed by atoms with van der Waals surface area (Å²) < 4.78 is 7.51. The number of fused-ring (bicyclic) bond motifs is 1.